The van der Waals surface area contributed by atoms with Crippen molar-refractivity contribution in [3.8, 4) is 0 Å². The average Bonchev–Trinajstić information content (AvgIpc) is 3.06. The number of nitrogens with zero attached hydrogens (tertiary/aromatic N) is 2. The van der Waals surface area contributed by atoms with Crippen LogP contribution in [0.4, 0.5) is 5.69 Å². The number of aliphatic hydroxyl groups is 1. The maximum absolute atomic E-state index is 12.2. The van der Waals surface area contributed by atoms with Crippen LogP contribution in [0.25, 0.3) is 0 Å². The first-order chi connectivity index (χ1) is 14.6. The van der Waals surface area contributed by atoms with Crippen molar-refractivity contribution in [2.24, 2.45) is 0 Å². The number of halogens is 1. The van der Waals surface area contributed by atoms with Gasteiger partial charge in [-0.05, 0) is 36.1 Å². The van der Waals surface area contributed by atoms with E-state index in [1.54, 1.807) is 0 Å². The molecular weight excluding hydrogens is 398 g/mol. The highest BCUT2D eigenvalue weighted by molar-refractivity contribution is 6.30. The molecule has 0 saturated carbocycles. The standard InChI is InChI=1S/C24H28ClN3O2/c1-2-3-9-22-27-24(25)21(17-29)28(22)16-19-10-13-20(14-11-19)26-23(30)15-12-18-7-5-4-6-8-18/h4-8,10-11,13-14,29H,2-3,9,12,15-17H2,1H3,(H,26,30). The Morgan fingerprint density at radius 2 is 1.80 bits per heavy atom. The summed E-state index contributed by atoms with van der Waals surface area (Å²) < 4.78 is 1.99. The van der Waals surface area contributed by atoms with Crippen LogP contribution in [-0.4, -0.2) is 20.6 Å². The van der Waals surface area contributed by atoms with E-state index >= 15 is 0 Å². The molecule has 5 nitrogen and oxygen atoms in total. The van der Waals surface area contributed by atoms with Crippen molar-refractivity contribution >= 4 is 23.2 Å². The lowest BCUT2D eigenvalue weighted by Gasteiger charge is -2.12. The first-order valence-electron chi connectivity index (χ1n) is 10.4. The Morgan fingerprint density at radius 3 is 2.47 bits per heavy atom. The number of rotatable bonds is 10. The molecule has 0 aliphatic heterocycles. The van der Waals surface area contributed by atoms with Gasteiger partial charge in [-0.2, -0.15) is 0 Å². The van der Waals surface area contributed by atoms with Crippen LogP contribution in [-0.2, 0) is 30.8 Å². The van der Waals surface area contributed by atoms with Gasteiger partial charge in [-0.25, -0.2) is 4.98 Å². The molecule has 3 aromatic rings. The Morgan fingerprint density at radius 1 is 1.07 bits per heavy atom. The van der Waals surface area contributed by atoms with Gasteiger partial charge in [0.05, 0.1) is 12.3 Å². The fourth-order valence-electron chi connectivity index (χ4n) is 3.37. The monoisotopic (exact) mass is 425 g/mol. The van der Waals surface area contributed by atoms with Gasteiger partial charge in [0.1, 0.15) is 5.82 Å². The molecule has 0 aliphatic carbocycles. The number of anilines is 1. The maximum Gasteiger partial charge on any atom is 0.224 e. The Balaban J connectivity index is 1.61. The quantitative estimate of drug-likeness (QED) is 0.480. The Hall–Kier alpha value is -2.63. The number of amides is 1. The highest BCUT2D eigenvalue weighted by atomic mass is 35.5. The molecule has 0 unspecified atom stereocenters. The lowest BCUT2D eigenvalue weighted by Crippen LogP contribution is -2.12. The number of imidazole rings is 1. The third-order valence-electron chi connectivity index (χ3n) is 5.07. The molecular formula is C24H28ClN3O2. The third kappa shape index (κ3) is 5.94. The topological polar surface area (TPSA) is 67.2 Å². The van der Waals surface area contributed by atoms with Gasteiger partial charge in [0.2, 0.25) is 5.91 Å². The second kappa shape index (κ2) is 11.0. The molecule has 1 heterocycles. The van der Waals surface area contributed by atoms with Crippen LogP contribution >= 0.6 is 11.6 Å². The second-order valence-electron chi connectivity index (χ2n) is 7.34. The van der Waals surface area contributed by atoms with E-state index in [4.69, 9.17) is 11.6 Å². The second-order valence-corrected chi connectivity index (χ2v) is 7.70. The summed E-state index contributed by atoms with van der Waals surface area (Å²) in [6.07, 6.45) is 4.08. The molecule has 3 rings (SSSR count). The molecule has 0 bridgehead atoms. The minimum atomic E-state index is -0.145. The first kappa shape index (κ1) is 22.1. The normalized spacial score (nSPS) is 10.9. The summed E-state index contributed by atoms with van der Waals surface area (Å²) in [6, 6.07) is 17.7. The van der Waals surface area contributed by atoms with Gasteiger partial charge in [-0.15, -0.1) is 0 Å². The zero-order chi connectivity index (χ0) is 21.3. The van der Waals surface area contributed by atoms with E-state index in [-0.39, 0.29) is 12.5 Å². The van der Waals surface area contributed by atoms with E-state index in [2.05, 4.69) is 17.2 Å². The molecule has 158 valence electrons. The third-order valence-corrected chi connectivity index (χ3v) is 5.37. The van der Waals surface area contributed by atoms with Crippen molar-refractivity contribution in [2.75, 3.05) is 5.32 Å². The van der Waals surface area contributed by atoms with Crippen LogP contribution in [0.2, 0.25) is 5.15 Å². The zero-order valence-electron chi connectivity index (χ0n) is 17.3. The summed E-state index contributed by atoms with van der Waals surface area (Å²) in [6.45, 7) is 2.57. The molecule has 1 amide bonds. The van der Waals surface area contributed by atoms with Crippen LogP contribution in [0, 0.1) is 0 Å². The van der Waals surface area contributed by atoms with Crippen LogP contribution in [0.15, 0.2) is 54.6 Å². The van der Waals surface area contributed by atoms with Gasteiger partial charge in [0.15, 0.2) is 5.15 Å². The number of nitrogens with one attached hydrogen (secondary N) is 1. The summed E-state index contributed by atoms with van der Waals surface area (Å²) in [4.78, 5) is 16.7. The lowest BCUT2D eigenvalue weighted by atomic mass is 10.1. The number of aliphatic hydroxyl groups excluding tert-OH is 1. The SMILES string of the molecule is CCCCc1nc(Cl)c(CO)n1Cc1ccc(NC(=O)CCc2ccccc2)cc1. The van der Waals surface area contributed by atoms with Gasteiger partial charge in [-0.1, -0.05) is 67.4 Å². The van der Waals surface area contributed by atoms with E-state index in [1.807, 2.05) is 59.2 Å². The number of benzene rings is 2. The highest BCUT2D eigenvalue weighted by Crippen LogP contribution is 2.21. The number of carbonyl (C=O) groups is 1. The lowest BCUT2D eigenvalue weighted by molar-refractivity contribution is -0.116. The largest absolute Gasteiger partial charge is 0.390 e. The average molecular weight is 426 g/mol. The number of hydrogen-bond acceptors (Lipinski definition) is 3. The summed E-state index contributed by atoms with van der Waals surface area (Å²) >= 11 is 6.21. The summed E-state index contributed by atoms with van der Waals surface area (Å²) in [5.41, 5.74) is 3.62. The summed E-state index contributed by atoms with van der Waals surface area (Å²) in [5, 5.41) is 13.0. The molecule has 0 atom stereocenters. The number of unbranched alkanes of at least 4 members (excludes halogenated alkanes) is 1. The van der Waals surface area contributed by atoms with Crippen molar-refractivity contribution in [2.45, 2.75) is 52.2 Å². The van der Waals surface area contributed by atoms with Crippen LogP contribution in [0.1, 0.15) is 48.8 Å². The molecule has 0 fully saturated rings. The molecule has 0 saturated heterocycles. The number of hydrogen-bond donors (Lipinski definition) is 2. The Bertz CT molecular complexity index is 953. The highest BCUT2D eigenvalue weighted by Gasteiger charge is 2.15. The molecule has 6 heteroatoms. The molecule has 2 aromatic carbocycles. The number of aryl methyl sites for hydroxylation is 2. The summed E-state index contributed by atoms with van der Waals surface area (Å²) in [7, 11) is 0. The van der Waals surface area contributed by atoms with Crippen molar-refractivity contribution in [1.29, 1.82) is 0 Å². The van der Waals surface area contributed by atoms with Crippen LogP contribution < -0.4 is 5.32 Å². The predicted octanol–water partition coefficient (Wildman–Crippen LogP) is 4.99. The van der Waals surface area contributed by atoms with Gasteiger partial charge < -0.3 is 15.0 Å². The van der Waals surface area contributed by atoms with E-state index in [0.717, 1.165) is 48.3 Å². The molecule has 0 aliphatic rings. The number of aromatic nitrogens is 2. The van der Waals surface area contributed by atoms with Gasteiger partial charge >= 0.3 is 0 Å². The van der Waals surface area contributed by atoms with Gasteiger partial charge in [-0.3, -0.25) is 4.79 Å². The molecule has 1 aromatic heterocycles. The molecule has 2 N–H and O–H groups in total. The van der Waals surface area contributed by atoms with Gasteiger partial charge in [0, 0.05) is 25.1 Å². The number of carbonyl (C=O) groups excluding carboxylic acids is 1. The van der Waals surface area contributed by atoms with E-state index < -0.39 is 0 Å². The fraction of sp³-hybridized carbons (Fsp3) is 0.333. The minimum Gasteiger partial charge on any atom is -0.390 e. The molecule has 30 heavy (non-hydrogen) atoms. The van der Waals surface area contributed by atoms with E-state index in [9.17, 15) is 9.90 Å². The van der Waals surface area contributed by atoms with Crippen molar-refractivity contribution < 1.29 is 9.90 Å². The maximum atomic E-state index is 12.2. The van der Waals surface area contributed by atoms with Crippen molar-refractivity contribution in [3.05, 3.63) is 82.4 Å². The Labute approximate surface area is 182 Å². The fourth-order valence-corrected chi connectivity index (χ4v) is 3.63. The Kier molecular flexibility index (Phi) is 8.05. The first-order valence-corrected chi connectivity index (χ1v) is 10.8. The van der Waals surface area contributed by atoms with Crippen molar-refractivity contribution in [3.63, 3.8) is 0 Å². The van der Waals surface area contributed by atoms with Crippen LogP contribution in [0.3, 0.4) is 0 Å². The molecule has 0 spiro atoms. The van der Waals surface area contributed by atoms with E-state index in [0.29, 0.717) is 23.8 Å². The summed E-state index contributed by atoms with van der Waals surface area (Å²) in [5.74, 6) is 0.890. The van der Waals surface area contributed by atoms with E-state index in [1.165, 1.54) is 0 Å². The predicted molar refractivity (Wildman–Crippen MR) is 121 cm³/mol. The van der Waals surface area contributed by atoms with Crippen molar-refractivity contribution in [1.82, 2.24) is 9.55 Å². The van der Waals surface area contributed by atoms with Crippen LogP contribution in [0.5, 0.6) is 0 Å². The minimum absolute atomic E-state index is 0.00240. The zero-order valence-corrected chi connectivity index (χ0v) is 18.0. The molecule has 0 radical (unpaired) electrons. The smallest absolute Gasteiger partial charge is 0.224 e. The van der Waals surface area contributed by atoms with Gasteiger partial charge in [0.25, 0.3) is 0 Å².